The highest BCUT2D eigenvalue weighted by molar-refractivity contribution is 6.30. The van der Waals surface area contributed by atoms with E-state index in [4.69, 9.17) is 16.3 Å². The second kappa shape index (κ2) is 8.28. The van der Waals surface area contributed by atoms with Crippen molar-refractivity contribution >= 4 is 23.2 Å². The Bertz CT molecular complexity index is 507. The summed E-state index contributed by atoms with van der Waals surface area (Å²) in [6, 6.07) is 5.85. The lowest BCUT2D eigenvalue weighted by molar-refractivity contribution is -0.134. The summed E-state index contributed by atoms with van der Waals surface area (Å²) in [6.45, 7) is 3.64. The van der Waals surface area contributed by atoms with Gasteiger partial charge in [-0.2, -0.15) is 0 Å². The highest BCUT2D eigenvalue weighted by Crippen LogP contribution is 2.27. The first-order chi connectivity index (χ1) is 10.7. The zero-order chi connectivity index (χ0) is 15.9. The number of carbonyl (C=O) groups excluding carboxylic acids is 1. The van der Waals surface area contributed by atoms with Gasteiger partial charge in [0, 0.05) is 30.6 Å². The van der Waals surface area contributed by atoms with Gasteiger partial charge in [-0.3, -0.25) is 4.79 Å². The standard InChI is InChI=1S/C17H25ClN2O2/c1-3-14-6-4-5-11-20(14)17(21)9-10-19-15-12-13(18)7-8-16(15)22-2/h7-8,12,14,19H,3-6,9-11H2,1-2H3. The smallest absolute Gasteiger partial charge is 0.224 e. The molecule has 5 heteroatoms. The van der Waals surface area contributed by atoms with E-state index in [1.54, 1.807) is 13.2 Å². The van der Waals surface area contributed by atoms with E-state index in [1.165, 1.54) is 6.42 Å². The predicted octanol–water partition coefficient (Wildman–Crippen LogP) is 3.94. The summed E-state index contributed by atoms with van der Waals surface area (Å²) in [5.74, 6) is 0.973. The molecule has 1 saturated heterocycles. The van der Waals surface area contributed by atoms with E-state index < -0.39 is 0 Å². The molecule has 4 nitrogen and oxygen atoms in total. The number of carbonyl (C=O) groups is 1. The Morgan fingerprint density at radius 2 is 2.27 bits per heavy atom. The molecule has 1 N–H and O–H groups in total. The molecule has 1 amide bonds. The predicted molar refractivity (Wildman–Crippen MR) is 90.8 cm³/mol. The van der Waals surface area contributed by atoms with Gasteiger partial charge in [0.2, 0.25) is 5.91 Å². The van der Waals surface area contributed by atoms with Gasteiger partial charge in [0.25, 0.3) is 0 Å². The first-order valence-electron chi connectivity index (χ1n) is 8.02. The van der Waals surface area contributed by atoms with Gasteiger partial charge >= 0.3 is 0 Å². The summed E-state index contributed by atoms with van der Waals surface area (Å²) < 4.78 is 5.29. The Hall–Kier alpha value is -1.42. The largest absolute Gasteiger partial charge is 0.495 e. The third kappa shape index (κ3) is 4.29. The van der Waals surface area contributed by atoms with E-state index in [1.807, 2.05) is 12.1 Å². The van der Waals surface area contributed by atoms with Crippen molar-refractivity contribution in [2.45, 2.75) is 45.1 Å². The van der Waals surface area contributed by atoms with Crippen LogP contribution in [0.25, 0.3) is 0 Å². The minimum Gasteiger partial charge on any atom is -0.495 e. The average Bonchev–Trinajstić information content (AvgIpc) is 2.55. The van der Waals surface area contributed by atoms with E-state index in [-0.39, 0.29) is 5.91 Å². The number of benzene rings is 1. The van der Waals surface area contributed by atoms with Crippen LogP contribution in [0.2, 0.25) is 5.02 Å². The maximum Gasteiger partial charge on any atom is 0.224 e. The third-order valence-electron chi connectivity index (χ3n) is 4.23. The van der Waals surface area contributed by atoms with Crippen LogP contribution >= 0.6 is 11.6 Å². The summed E-state index contributed by atoms with van der Waals surface area (Å²) in [7, 11) is 1.62. The molecule has 0 spiro atoms. The van der Waals surface area contributed by atoms with Crippen molar-refractivity contribution in [2.75, 3.05) is 25.5 Å². The fraction of sp³-hybridized carbons (Fsp3) is 0.588. The van der Waals surface area contributed by atoms with Crippen molar-refractivity contribution in [3.8, 4) is 5.75 Å². The number of halogens is 1. The van der Waals surface area contributed by atoms with Gasteiger partial charge in [0.05, 0.1) is 12.8 Å². The van der Waals surface area contributed by atoms with E-state index in [0.717, 1.165) is 37.2 Å². The maximum absolute atomic E-state index is 12.4. The molecule has 0 radical (unpaired) electrons. The maximum atomic E-state index is 12.4. The number of hydrogen-bond acceptors (Lipinski definition) is 3. The van der Waals surface area contributed by atoms with Crippen LogP contribution in [0.4, 0.5) is 5.69 Å². The van der Waals surface area contributed by atoms with Crippen LogP contribution in [-0.2, 0) is 4.79 Å². The van der Waals surface area contributed by atoms with Crippen molar-refractivity contribution in [3.05, 3.63) is 23.2 Å². The van der Waals surface area contributed by atoms with Crippen LogP contribution in [0, 0.1) is 0 Å². The zero-order valence-electron chi connectivity index (χ0n) is 13.4. The number of hydrogen-bond donors (Lipinski definition) is 1. The highest BCUT2D eigenvalue weighted by atomic mass is 35.5. The summed E-state index contributed by atoms with van der Waals surface area (Å²) in [4.78, 5) is 14.5. The van der Waals surface area contributed by atoms with E-state index >= 15 is 0 Å². The fourth-order valence-corrected chi connectivity index (χ4v) is 3.19. The van der Waals surface area contributed by atoms with Gasteiger partial charge in [0.1, 0.15) is 5.75 Å². The topological polar surface area (TPSA) is 41.6 Å². The van der Waals surface area contributed by atoms with Gasteiger partial charge < -0.3 is 15.0 Å². The number of nitrogens with one attached hydrogen (secondary N) is 1. The quantitative estimate of drug-likeness (QED) is 0.861. The SMILES string of the molecule is CCC1CCCCN1C(=O)CCNc1cc(Cl)ccc1OC. The minimum atomic E-state index is 0.236. The minimum absolute atomic E-state index is 0.236. The first kappa shape index (κ1) is 16.9. The number of likely N-dealkylation sites (tertiary alicyclic amines) is 1. The van der Waals surface area contributed by atoms with Crippen molar-refractivity contribution in [3.63, 3.8) is 0 Å². The first-order valence-corrected chi connectivity index (χ1v) is 8.40. The molecular weight excluding hydrogens is 300 g/mol. The number of methoxy groups -OCH3 is 1. The lowest BCUT2D eigenvalue weighted by atomic mass is 9.99. The summed E-state index contributed by atoms with van der Waals surface area (Å²) in [5, 5.41) is 3.90. The zero-order valence-corrected chi connectivity index (χ0v) is 14.2. The van der Waals surface area contributed by atoms with Crippen LogP contribution in [0.5, 0.6) is 5.75 Å². The van der Waals surface area contributed by atoms with Crippen LogP contribution < -0.4 is 10.1 Å². The molecule has 22 heavy (non-hydrogen) atoms. The van der Waals surface area contributed by atoms with E-state index in [2.05, 4.69) is 17.1 Å². The monoisotopic (exact) mass is 324 g/mol. The molecule has 1 aromatic rings. The van der Waals surface area contributed by atoms with Crippen LogP contribution in [0.15, 0.2) is 18.2 Å². The molecule has 0 aliphatic carbocycles. The molecular formula is C17H25ClN2O2. The van der Waals surface area contributed by atoms with E-state index in [0.29, 0.717) is 24.0 Å². The van der Waals surface area contributed by atoms with Crippen molar-refractivity contribution in [1.82, 2.24) is 4.90 Å². The molecule has 0 aromatic heterocycles. The number of piperidine rings is 1. The average molecular weight is 325 g/mol. The summed E-state index contributed by atoms with van der Waals surface area (Å²) in [5.41, 5.74) is 0.827. The molecule has 0 bridgehead atoms. The lowest BCUT2D eigenvalue weighted by Crippen LogP contribution is -2.43. The molecule has 1 aliphatic heterocycles. The molecule has 2 rings (SSSR count). The Kier molecular flexibility index (Phi) is 6.37. The Balaban J connectivity index is 1.87. The van der Waals surface area contributed by atoms with E-state index in [9.17, 15) is 4.79 Å². The normalized spacial score (nSPS) is 18.1. The molecule has 1 aliphatic rings. The van der Waals surface area contributed by atoms with Crippen LogP contribution in [0.1, 0.15) is 39.0 Å². The van der Waals surface area contributed by atoms with Crippen molar-refractivity contribution < 1.29 is 9.53 Å². The molecule has 1 fully saturated rings. The number of ether oxygens (including phenoxy) is 1. The molecule has 1 atom stereocenters. The van der Waals surface area contributed by atoms with Gasteiger partial charge in [0.15, 0.2) is 0 Å². The lowest BCUT2D eigenvalue weighted by Gasteiger charge is -2.35. The molecule has 1 aromatic carbocycles. The Morgan fingerprint density at radius 1 is 1.45 bits per heavy atom. The molecule has 122 valence electrons. The van der Waals surface area contributed by atoms with Gasteiger partial charge in [-0.25, -0.2) is 0 Å². The second-order valence-corrected chi connectivity index (χ2v) is 6.10. The number of rotatable bonds is 6. The number of anilines is 1. The number of amides is 1. The molecule has 1 heterocycles. The van der Waals surface area contributed by atoms with Crippen molar-refractivity contribution in [2.24, 2.45) is 0 Å². The van der Waals surface area contributed by atoms with Crippen LogP contribution in [-0.4, -0.2) is 37.0 Å². The molecule has 1 unspecified atom stereocenters. The molecule has 0 saturated carbocycles. The Morgan fingerprint density at radius 3 is 3.00 bits per heavy atom. The summed E-state index contributed by atoms with van der Waals surface area (Å²) >= 11 is 6.00. The van der Waals surface area contributed by atoms with Crippen LogP contribution in [0.3, 0.4) is 0 Å². The number of nitrogens with zero attached hydrogens (tertiary/aromatic N) is 1. The fourth-order valence-electron chi connectivity index (χ4n) is 3.02. The second-order valence-electron chi connectivity index (χ2n) is 5.67. The van der Waals surface area contributed by atoms with Crippen molar-refractivity contribution in [1.29, 1.82) is 0 Å². The van der Waals surface area contributed by atoms with Gasteiger partial charge in [-0.05, 0) is 43.9 Å². The summed E-state index contributed by atoms with van der Waals surface area (Å²) in [6.07, 6.45) is 5.03. The third-order valence-corrected chi connectivity index (χ3v) is 4.47. The van der Waals surface area contributed by atoms with Gasteiger partial charge in [-0.1, -0.05) is 18.5 Å². The Labute approximate surface area is 137 Å². The highest BCUT2D eigenvalue weighted by Gasteiger charge is 2.24. The van der Waals surface area contributed by atoms with Gasteiger partial charge in [-0.15, -0.1) is 0 Å².